The molecule has 0 spiro atoms. The van der Waals surface area contributed by atoms with Crippen LogP contribution in [0.2, 0.25) is 0 Å². The molecular weight excluding hydrogens is 262 g/mol. The molecule has 1 aromatic heterocycles. The molecule has 0 aromatic carbocycles. The summed E-state index contributed by atoms with van der Waals surface area (Å²) in [5, 5.41) is 7.14. The molecule has 1 rings (SSSR count). The SMILES string of the molecule is CCCNc1cc(NCCCC(N)=O)nc(SC)n1. The van der Waals surface area contributed by atoms with Crippen LogP contribution in [0.5, 0.6) is 0 Å². The van der Waals surface area contributed by atoms with E-state index >= 15 is 0 Å². The third-order valence-electron chi connectivity index (χ3n) is 2.35. The first-order valence-corrected chi connectivity index (χ1v) is 7.57. The van der Waals surface area contributed by atoms with Crippen molar-refractivity contribution >= 4 is 29.3 Å². The fourth-order valence-electron chi connectivity index (χ4n) is 1.43. The number of carbonyl (C=O) groups excluding carboxylic acids is 1. The smallest absolute Gasteiger partial charge is 0.217 e. The predicted octanol–water partition coefficient (Wildman–Crippen LogP) is 1.70. The highest BCUT2D eigenvalue weighted by Gasteiger charge is 2.03. The minimum atomic E-state index is -0.278. The molecule has 0 fully saturated rings. The Kier molecular flexibility index (Phi) is 7.02. The van der Waals surface area contributed by atoms with Crippen LogP contribution >= 0.6 is 11.8 Å². The summed E-state index contributed by atoms with van der Waals surface area (Å²) in [6.07, 6.45) is 4.07. The zero-order valence-corrected chi connectivity index (χ0v) is 12.2. The van der Waals surface area contributed by atoms with Crippen LogP contribution in [-0.4, -0.2) is 35.2 Å². The van der Waals surface area contributed by atoms with Crippen LogP contribution in [0.3, 0.4) is 0 Å². The number of hydrogen-bond acceptors (Lipinski definition) is 6. The number of thioether (sulfide) groups is 1. The first-order valence-electron chi connectivity index (χ1n) is 6.34. The number of aromatic nitrogens is 2. The normalized spacial score (nSPS) is 10.2. The Morgan fingerprint density at radius 3 is 2.47 bits per heavy atom. The van der Waals surface area contributed by atoms with Crippen LogP contribution in [0.1, 0.15) is 26.2 Å². The summed E-state index contributed by atoms with van der Waals surface area (Å²) in [7, 11) is 0. The summed E-state index contributed by atoms with van der Waals surface area (Å²) in [4.78, 5) is 19.4. The Balaban J connectivity index is 2.57. The fraction of sp³-hybridized carbons (Fsp3) is 0.583. The number of anilines is 2. The standard InChI is InChI=1S/C12H21N5OS/c1-3-6-14-10-8-11(17-12(16-10)19-2)15-7-4-5-9(13)18/h8H,3-7H2,1-2H3,(H2,13,18)(H2,14,15,16,17). The van der Waals surface area contributed by atoms with Crippen molar-refractivity contribution in [3.63, 3.8) is 0 Å². The highest BCUT2D eigenvalue weighted by Crippen LogP contribution is 2.17. The monoisotopic (exact) mass is 283 g/mol. The van der Waals surface area contributed by atoms with Gasteiger partial charge in [0, 0.05) is 25.6 Å². The van der Waals surface area contributed by atoms with Crippen LogP contribution in [0.25, 0.3) is 0 Å². The fourth-order valence-corrected chi connectivity index (χ4v) is 1.81. The molecule has 4 N–H and O–H groups in total. The number of amides is 1. The van der Waals surface area contributed by atoms with E-state index in [0.29, 0.717) is 19.4 Å². The van der Waals surface area contributed by atoms with Gasteiger partial charge in [-0.05, 0) is 19.1 Å². The first kappa shape index (κ1) is 15.6. The molecule has 7 heteroatoms. The molecule has 0 atom stereocenters. The van der Waals surface area contributed by atoms with Crippen molar-refractivity contribution in [2.45, 2.75) is 31.3 Å². The van der Waals surface area contributed by atoms with Gasteiger partial charge in [0.05, 0.1) is 0 Å². The maximum absolute atomic E-state index is 10.6. The van der Waals surface area contributed by atoms with E-state index < -0.39 is 0 Å². The number of nitrogens with zero attached hydrogens (tertiary/aromatic N) is 2. The Hall–Kier alpha value is -1.50. The second-order valence-corrected chi connectivity index (χ2v) is 4.82. The largest absolute Gasteiger partial charge is 0.370 e. The first-order chi connectivity index (χ1) is 9.15. The number of primary amides is 1. The quantitative estimate of drug-likeness (QED) is 0.363. The van der Waals surface area contributed by atoms with E-state index in [1.165, 1.54) is 11.8 Å². The maximum Gasteiger partial charge on any atom is 0.217 e. The Bertz CT molecular complexity index is 413. The lowest BCUT2D eigenvalue weighted by Gasteiger charge is -2.09. The molecule has 0 saturated heterocycles. The molecule has 0 aliphatic heterocycles. The van der Waals surface area contributed by atoms with E-state index in [1.807, 2.05) is 12.3 Å². The van der Waals surface area contributed by atoms with Crippen molar-refractivity contribution in [2.75, 3.05) is 30.0 Å². The summed E-state index contributed by atoms with van der Waals surface area (Å²) in [5.74, 6) is 1.31. The number of nitrogens with one attached hydrogen (secondary N) is 2. The van der Waals surface area contributed by atoms with E-state index in [2.05, 4.69) is 27.5 Å². The molecule has 0 bridgehead atoms. The van der Waals surface area contributed by atoms with Crippen molar-refractivity contribution in [1.29, 1.82) is 0 Å². The number of hydrogen-bond donors (Lipinski definition) is 3. The van der Waals surface area contributed by atoms with Crippen LogP contribution in [0.4, 0.5) is 11.6 Å². The van der Waals surface area contributed by atoms with Crippen LogP contribution in [0.15, 0.2) is 11.2 Å². The van der Waals surface area contributed by atoms with Gasteiger partial charge in [-0.1, -0.05) is 18.7 Å². The van der Waals surface area contributed by atoms with Crippen molar-refractivity contribution in [1.82, 2.24) is 9.97 Å². The van der Waals surface area contributed by atoms with Gasteiger partial charge < -0.3 is 16.4 Å². The van der Waals surface area contributed by atoms with Crippen LogP contribution < -0.4 is 16.4 Å². The van der Waals surface area contributed by atoms with Crippen LogP contribution in [-0.2, 0) is 4.79 Å². The zero-order chi connectivity index (χ0) is 14.1. The van der Waals surface area contributed by atoms with E-state index in [1.54, 1.807) is 0 Å². The number of carbonyl (C=O) groups is 1. The third kappa shape index (κ3) is 6.28. The summed E-state index contributed by atoms with van der Waals surface area (Å²) in [6.45, 7) is 3.65. The van der Waals surface area contributed by atoms with E-state index in [-0.39, 0.29) is 5.91 Å². The number of rotatable bonds is 9. The second kappa shape index (κ2) is 8.58. The van der Waals surface area contributed by atoms with Crippen LogP contribution in [0, 0.1) is 0 Å². The lowest BCUT2D eigenvalue weighted by atomic mass is 10.3. The average molecular weight is 283 g/mol. The van der Waals surface area contributed by atoms with Gasteiger partial charge in [0.2, 0.25) is 5.91 Å². The van der Waals surface area contributed by atoms with Gasteiger partial charge in [0.1, 0.15) is 11.6 Å². The molecule has 1 amide bonds. The maximum atomic E-state index is 10.6. The van der Waals surface area contributed by atoms with Gasteiger partial charge in [-0.3, -0.25) is 4.79 Å². The highest BCUT2D eigenvalue weighted by molar-refractivity contribution is 7.98. The molecule has 1 aromatic rings. The Morgan fingerprint density at radius 2 is 1.95 bits per heavy atom. The van der Waals surface area contributed by atoms with Gasteiger partial charge in [0.25, 0.3) is 0 Å². The van der Waals surface area contributed by atoms with E-state index in [9.17, 15) is 4.79 Å². The molecule has 0 aliphatic carbocycles. The Labute approximate surface area is 118 Å². The van der Waals surface area contributed by atoms with Gasteiger partial charge in [-0.2, -0.15) is 0 Å². The van der Waals surface area contributed by atoms with Gasteiger partial charge >= 0.3 is 0 Å². The van der Waals surface area contributed by atoms with Crippen molar-refractivity contribution < 1.29 is 4.79 Å². The van der Waals surface area contributed by atoms with Crippen molar-refractivity contribution in [3.05, 3.63) is 6.07 Å². The van der Waals surface area contributed by atoms with Gasteiger partial charge in [0.15, 0.2) is 5.16 Å². The summed E-state index contributed by atoms with van der Waals surface area (Å²) in [6, 6.07) is 1.87. The van der Waals surface area contributed by atoms with Crippen molar-refractivity contribution in [3.8, 4) is 0 Å². The van der Waals surface area contributed by atoms with Crippen molar-refractivity contribution in [2.24, 2.45) is 5.73 Å². The topological polar surface area (TPSA) is 92.9 Å². The summed E-state index contributed by atoms with van der Waals surface area (Å²) < 4.78 is 0. The molecule has 0 aliphatic rings. The molecule has 0 radical (unpaired) electrons. The molecule has 0 saturated carbocycles. The third-order valence-corrected chi connectivity index (χ3v) is 2.90. The number of nitrogens with two attached hydrogens (primary N) is 1. The highest BCUT2D eigenvalue weighted by atomic mass is 32.2. The predicted molar refractivity (Wildman–Crippen MR) is 79.5 cm³/mol. The van der Waals surface area contributed by atoms with E-state index in [4.69, 9.17) is 5.73 Å². The molecule has 6 nitrogen and oxygen atoms in total. The molecule has 106 valence electrons. The minimum Gasteiger partial charge on any atom is -0.370 e. The molecule has 0 unspecified atom stereocenters. The zero-order valence-electron chi connectivity index (χ0n) is 11.4. The lowest BCUT2D eigenvalue weighted by molar-refractivity contribution is -0.118. The summed E-state index contributed by atoms with van der Waals surface area (Å²) >= 11 is 1.50. The molecular formula is C12H21N5OS. The Morgan fingerprint density at radius 1 is 1.32 bits per heavy atom. The van der Waals surface area contributed by atoms with Gasteiger partial charge in [-0.15, -0.1) is 0 Å². The minimum absolute atomic E-state index is 0.278. The van der Waals surface area contributed by atoms with E-state index in [0.717, 1.165) is 29.8 Å². The second-order valence-electron chi connectivity index (χ2n) is 4.05. The summed E-state index contributed by atoms with van der Waals surface area (Å²) in [5.41, 5.74) is 5.09. The molecule has 19 heavy (non-hydrogen) atoms. The average Bonchev–Trinajstić information content (AvgIpc) is 2.41. The van der Waals surface area contributed by atoms with Gasteiger partial charge in [-0.25, -0.2) is 9.97 Å². The molecule has 1 heterocycles. The lowest BCUT2D eigenvalue weighted by Crippen LogP contribution is -2.13.